The number of aryl methyl sites for hydroxylation is 2. The predicted octanol–water partition coefficient (Wildman–Crippen LogP) is 5.51. The molecular weight excluding hydrogens is 322 g/mol. The number of hydrogen-bond donors (Lipinski definition) is 1. The molecule has 2 aromatic rings. The van der Waals surface area contributed by atoms with Gasteiger partial charge in [0, 0.05) is 5.56 Å². The molecule has 0 atom stereocenters. The fourth-order valence-corrected chi connectivity index (χ4v) is 3.53. The van der Waals surface area contributed by atoms with E-state index in [1.165, 1.54) is 30.4 Å². The van der Waals surface area contributed by atoms with Crippen LogP contribution in [-0.4, -0.2) is 13.0 Å². The van der Waals surface area contributed by atoms with Crippen LogP contribution in [0.25, 0.3) is 0 Å². The van der Waals surface area contributed by atoms with Crippen molar-refractivity contribution in [1.82, 2.24) is 0 Å². The third kappa shape index (κ3) is 4.09. The lowest BCUT2D eigenvalue weighted by molar-refractivity contribution is 0.102. The molecule has 1 aliphatic carbocycles. The zero-order chi connectivity index (χ0) is 18.7. The van der Waals surface area contributed by atoms with Gasteiger partial charge in [-0.05, 0) is 72.1 Å². The van der Waals surface area contributed by atoms with Crippen LogP contribution in [0.3, 0.4) is 0 Å². The number of anilines is 1. The summed E-state index contributed by atoms with van der Waals surface area (Å²) in [6.07, 6.45) is 5.86. The predicted molar refractivity (Wildman–Crippen MR) is 107 cm³/mol. The van der Waals surface area contributed by atoms with Crippen molar-refractivity contribution in [2.45, 2.75) is 58.3 Å². The number of rotatable bonds is 3. The Morgan fingerprint density at radius 1 is 1.00 bits per heavy atom. The Balaban J connectivity index is 1.88. The van der Waals surface area contributed by atoms with Gasteiger partial charge in [-0.25, -0.2) is 0 Å². The molecule has 3 nitrogen and oxygen atoms in total. The Bertz CT molecular complexity index is 802. The molecule has 0 heterocycles. The average Bonchev–Trinajstić information content (AvgIpc) is 2.85. The Morgan fingerprint density at radius 3 is 2.35 bits per heavy atom. The van der Waals surface area contributed by atoms with Crippen LogP contribution in [0.5, 0.6) is 5.75 Å². The summed E-state index contributed by atoms with van der Waals surface area (Å²) in [6.45, 7) is 6.46. The topological polar surface area (TPSA) is 38.3 Å². The standard InChI is InChI=1S/C23H29NO2/c1-23(2,3)19-12-8-11-18(13-19)22(25)24-20-14-16-9-6-5-7-10-17(16)15-21(20)26-4/h8,11-15H,5-7,9-10H2,1-4H3,(H,24,25). The molecule has 138 valence electrons. The van der Waals surface area contributed by atoms with Crippen molar-refractivity contribution >= 4 is 11.6 Å². The lowest BCUT2D eigenvalue weighted by Crippen LogP contribution is -2.16. The molecule has 0 fully saturated rings. The van der Waals surface area contributed by atoms with Gasteiger partial charge in [0.25, 0.3) is 5.91 Å². The van der Waals surface area contributed by atoms with E-state index in [0.29, 0.717) is 5.56 Å². The number of hydrogen-bond acceptors (Lipinski definition) is 2. The van der Waals surface area contributed by atoms with Crippen LogP contribution >= 0.6 is 0 Å². The molecular formula is C23H29NO2. The minimum absolute atomic E-state index is 0.0120. The van der Waals surface area contributed by atoms with E-state index in [-0.39, 0.29) is 11.3 Å². The largest absolute Gasteiger partial charge is 0.495 e. The van der Waals surface area contributed by atoms with Crippen LogP contribution in [0.2, 0.25) is 0 Å². The molecule has 3 heteroatoms. The second-order valence-corrected chi connectivity index (χ2v) is 8.17. The highest BCUT2D eigenvalue weighted by atomic mass is 16.5. The van der Waals surface area contributed by atoms with Gasteiger partial charge in [-0.1, -0.05) is 39.3 Å². The highest BCUT2D eigenvalue weighted by Gasteiger charge is 2.18. The maximum atomic E-state index is 12.8. The fraction of sp³-hybridized carbons (Fsp3) is 0.435. The lowest BCUT2D eigenvalue weighted by Gasteiger charge is -2.20. The number of carbonyl (C=O) groups excluding carboxylic acids is 1. The summed E-state index contributed by atoms with van der Waals surface area (Å²) in [5, 5.41) is 3.06. The maximum Gasteiger partial charge on any atom is 0.255 e. The van der Waals surface area contributed by atoms with Crippen LogP contribution in [0.4, 0.5) is 5.69 Å². The average molecular weight is 351 g/mol. The number of carbonyl (C=O) groups is 1. The van der Waals surface area contributed by atoms with Gasteiger partial charge in [0.2, 0.25) is 0 Å². The first kappa shape index (κ1) is 18.5. The van der Waals surface area contributed by atoms with E-state index in [2.05, 4.69) is 44.3 Å². The Hall–Kier alpha value is -2.29. The third-order valence-electron chi connectivity index (χ3n) is 5.15. The number of amides is 1. The number of methoxy groups -OCH3 is 1. The lowest BCUT2D eigenvalue weighted by atomic mass is 9.86. The normalized spacial score (nSPS) is 14.3. The van der Waals surface area contributed by atoms with Gasteiger partial charge in [-0.3, -0.25) is 4.79 Å². The molecule has 1 aliphatic rings. The highest BCUT2D eigenvalue weighted by molar-refractivity contribution is 6.05. The van der Waals surface area contributed by atoms with Gasteiger partial charge < -0.3 is 10.1 Å². The molecule has 0 bridgehead atoms. The van der Waals surface area contributed by atoms with Crippen molar-refractivity contribution in [3.8, 4) is 5.75 Å². The van der Waals surface area contributed by atoms with Crippen molar-refractivity contribution in [1.29, 1.82) is 0 Å². The monoisotopic (exact) mass is 351 g/mol. The molecule has 26 heavy (non-hydrogen) atoms. The van der Waals surface area contributed by atoms with Crippen LogP contribution in [0.1, 0.15) is 67.1 Å². The summed E-state index contributed by atoms with van der Waals surface area (Å²) in [7, 11) is 1.66. The fourth-order valence-electron chi connectivity index (χ4n) is 3.53. The first-order valence-electron chi connectivity index (χ1n) is 9.50. The molecule has 2 aromatic carbocycles. The number of fused-ring (bicyclic) bond motifs is 1. The first-order valence-corrected chi connectivity index (χ1v) is 9.50. The van der Waals surface area contributed by atoms with Gasteiger partial charge in [-0.15, -0.1) is 0 Å². The molecule has 3 rings (SSSR count). The minimum Gasteiger partial charge on any atom is -0.495 e. The quantitative estimate of drug-likeness (QED) is 0.740. The Morgan fingerprint density at radius 2 is 1.69 bits per heavy atom. The molecule has 1 N–H and O–H groups in total. The minimum atomic E-state index is -0.0945. The van der Waals surface area contributed by atoms with Crippen LogP contribution in [-0.2, 0) is 18.3 Å². The summed E-state index contributed by atoms with van der Waals surface area (Å²) >= 11 is 0. The van der Waals surface area contributed by atoms with E-state index in [9.17, 15) is 4.79 Å². The molecule has 0 saturated heterocycles. The SMILES string of the molecule is COc1cc2c(cc1NC(=O)c1cccc(C(C)(C)C)c1)CCCCC2. The maximum absolute atomic E-state index is 12.8. The van der Waals surface area contributed by atoms with Crippen molar-refractivity contribution in [2.24, 2.45) is 0 Å². The summed E-state index contributed by atoms with van der Waals surface area (Å²) < 4.78 is 5.55. The molecule has 0 radical (unpaired) electrons. The van der Waals surface area contributed by atoms with Crippen LogP contribution in [0.15, 0.2) is 36.4 Å². The molecule has 0 spiro atoms. The zero-order valence-corrected chi connectivity index (χ0v) is 16.3. The third-order valence-corrected chi connectivity index (χ3v) is 5.15. The Labute approximate surface area is 156 Å². The van der Waals surface area contributed by atoms with E-state index < -0.39 is 0 Å². The summed E-state index contributed by atoms with van der Waals surface area (Å²) in [6, 6.07) is 12.1. The van der Waals surface area contributed by atoms with Crippen molar-refractivity contribution in [3.63, 3.8) is 0 Å². The summed E-state index contributed by atoms with van der Waals surface area (Å²) in [5.41, 5.74) is 5.29. The zero-order valence-electron chi connectivity index (χ0n) is 16.3. The van der Waals surface area contributed by atoms with Crippen molar-refractivity contribution in [3.05, 3.63) is 58.7 Å². The van der Waals surface area contributed by atoms with Crippen molar-refractivity contribution < 1.29 is 9.53 Å². The summed E-state index contributed by atoms with van der Waals surface area (Å²) in [5.74, 6) is 0.647. The van der Waals surface area contributed by atoms with E-state index in [0.717, 1.165) is 29.8 Å². The van der Waals surface area contributed by atoms with Gasteiger partial charge in [0.15, 0.2) is 0 Å². The smallest absolute Gasteiger partial charge is 0.255 e. The van der Waals surface area contributed by atoms with Gasteiger partial charge in [0.1, 0.15) is 5.75 Å². The van der Waals surface area contributed by atoms with Crippen LogP contribution in [0, 0.1) is 0 Å². The Kier molecular flexibility index (Phi) is 5.36. The number of benzene rings is 2. The number of ether oxygens (including phenoxy) is 1. The second-order valence-electron chi connectivity index (χ2n) is 8.17. The van der Waals surface area contributed by atoms with E-state index in [1.54, 1.807) is 7.11 Å². The van der Waals surface area contributed by atoms with Crippen molar-refractivity contribution in [2.75, 3.05) is 12.4 Å². The van der Waals surface area contributed by atoms with E-state index in [4.69, 9.17) is 4.74 Å². The van der Waals surface area contributed by atoms with E-state index >= 15 is 0 Å². The summed E-state index contributed by atoms with van der Waals surface area (Å²) in [4.78, 5) is 12.8. The second kappa shape index (κ2) is 7.53. The number of nitrogens with one attached hydrogen (secondary N) is 1. The first-order chi connectivity index (χ1) is 12.4. The molecule has 0 aliphatic heterocycles. The molecule has 0 saturated carbocycles. The highest BCUT2D eigenvalue weighted by Crippen LogP contribution is 2.32. The van der Waals surface area contributed by atoms with Gasteiger partial charge in [-0.2, -0.15) is 0 Å². The molecule has 0 aromatic heterocycles. The van der Waals surface area contributed by atoms with E-state index in [1.807, 2.05) is 18.2 Å². The van der Waals surface area contributed by atoms with Gasteiger partial charge in [0.05, 0.1) is 12.8 Å². The van der Waals surface area contributed by atoms with Crippen LogP contribution < -0.4 is 10.1 Å². The van der Waals surface area contributed by atoms with Gasteiger partial charge >= 0.3 is 0 Å². The molecule has 0 unspecified atom stereocenters. The molecule has 1 amide bonds.